The summed E-state index contributed by atoms with van der Waals surface area (Å²) in [4.78, 5) is 14.3. The fraction of sp³-hybridized carbons (Fsp3) is 0.353. The van der Waals surface area contributed by atoms with Gasteiger partial charge >= 0.3 is 0 Å². The summed E-state index contributed by atoms with van der Waals surface area (Å²) in [7, 11) is -2.17. The molecule has 2 aromatic rings. The van der Waals surface area contributed by atoms with Crippen LogP contribution < -0.4 is 4.72 Å². The quantitative estimate of drug-likeness (QED) is 0.847. The molecule has 0 radical (unpaired) electrons. The maximum Gasteiger partial charge on any atom is 0.270 e. The van der Waals surface area contributed by atoms with Crippen molar-refractivity contribution in [3.8, 4) is 0 Å². The summed E-state index contributed by atoms with van der Waals surface area (Å²) in [5, 5.41) is 0. The van der Waals surface area contributed by atoms with Crippen LogP contribution in [-0.4, -0.2) is 50.6 Å². The molecule has 0 aliphatic carbocycles. The smallest absolute Gasteiger partial charge is 0.270 e. The number of carbonyl (C=O) groups is 1. The lowest BCUT2D eigenvalue weighted by atomic mass is 10.2. The van der Waals surface area contributed by atoms with Crippen molar-refractivity contribution in [2.75, 3.05) is 31.5 Å². The van der Waals surface area contributed by atoms with E-state index in [1.807, 2.05) is 13.0 Å². The Morgan fingerprint density at radius 3 is 2.76 bits per heavy atom. The Morgan fingerprint density at radius 1 is 1.24 bits per heavy atom. The number of hydrogen-bond acceptors (Lipinski definition) is 4. The number of ether oxygens (including phenoxy) is 1. The van der Waals surface area contributed by atoms with Crippen LogP contribution in [0.25, 0.3) is 0 Å². The van der Waals surface area contributed by atoms with Crippen LogP contribution in [0.2, 0.25) is 0 Å². The summed E-state index contributed by atoms with van der Waals surface area (Å²) in [6, 6.07) is 8.56. The van der Waals surface area contributed by atoms with Crippen molar-refractivity contribution < 1.29 is 17.9 Å². The Morgan fingerprint density at radius 2 is 2.04 bits per heavy atom. The van der Waals surface area contributed by atoms with Gasteiger partial charge in [0.15, 0.2) is 0 Å². The minimum Gasteiger partial charge on any atom is -0.383 e. The molecule has 1 aromatic carbocycles. The molecule has 0 unspecified atom stereocenters. The molecule has 8 heteroatoms. The number of carbonyl (C=O) groups excluding carboxylic acids is 1. The highest BCUT2D eigenvalue weighted by Gasteiger charge is 2.28. The number of amides is 1. The SMILES string of the molecule is COCCN1CCn2cc(S(=O)(=O)Nc3cccc(C)c3)cc2C1=O. The molecule has 0 saturated heterocycles. The number of methoxy groups -OCH3 is 1. The van der Waals surface area contributed by atoms with Crippen LogP contribution >= 0.6 is 0 Å². The van der Waals surface area contributed by atoms with E-state index in [-0.39, 0.29) is 10.8 Å². The fourth-order valence-electron chi connectivity index (χ4n) is 2.82. The van der Waals surface area contributed by atoms with Crippen molar-refractivity contribution in [3.05, 3.63) is 47.8 Å². The third-order valence-electron chi connectivity index (χ3n) is 4.13. The minimum atomic E-state index is -3.75. The van der Waals surface area contributed by atoms with Gasteiger partial charge in [-0.2, -0.15) is 0 Å². The van der Waals surface area contributed by atoms with Crippen molar-refractivity contribution in [1.82, 2.24) is 9.47 Å². The Labute approximate surface area is 147 Å². The Kier molecular flexibility index (Phi) is 4.82. The van der Waals surface area contributed by atoms with Crippen LogP contribution in [0.15, 0.2) is 41.4 Å². The maximum absolute atomic E-state index is 12.6. The average molecular weight is 363 g/mol. The molecule has 1 aromatic heterocycles. The third-order valence-corrected chi connectivity index (χ3v) is 5.48. The first-order valence-corrected chi connectivity index (χ1v) is 9.47. The predicted molar refractivity (Wildman–Crippen MR) is 94.2 cm³/mol. The predicted octanol–water partition coefficient (Wildman–Crippen LogP) is 1.70. The summed E-state index contributed by atoms with van der Waals surface area (Å²) in [5.41, 5.74) is 1.84. The number of anilines is 1. The summed E-state index contributed by atoms with van der Waals surface area (Å²) >= 11 is 0. The summed E-state index contributed by atoms with van der Waals surface area (Å²) in [6.45, 7) is 3.93. The van der Waals surface area contributed by atoms with Gasteiger partial charge in [0.2, 0.25) is 0 Å². The van der Waals surface area contributed by atoms with Gasteiger partial charge in [-0.05, 0) is 30.7 Å². The van der Waals surface area contributed by atoms with Gasteiger partial charge in [-0.3, -0.25) is 9.52 Å². The van der Waals surface area contributed by atoms with Crippen molar-refractivity contribution in [1.29, 1.82) is 0 Å². The Hall–Kier alpha value is -2.32. The van der Waals surface area contributed by atoms with Gasteiger partial charge < -0.3 is 14.2 Å². The van der Waals surface area contributed by atoms with Gasteiger partial charge in [0, 0.05) is 38.6 Å². The molecule has 1 aliphatic rings. The topological polar surface area (TPSA) is 80.6 Å². The lowest BCUT2D eigenvalue weighted by molar-refractivity contribution is 0.0641. The molecule has 0 fully saturated rings. The molecule has 3 rings (SSSR count). The summed E-state index contributed by atoms with van der Waals surface area (Å²) < 4.78 is 34.5. The van der Waals surface area contributed by atoms with Crippen molar-refractivity contribution >= 4 is 21.6 Å². The zero-order chi connectivity index (χ0) is 18.0. The molecule has 0 bridgehead atoms. The van der Waals surface area contributed by atoms with Crippen molar-refractivity contribution in [3.63, 3.8) is 0 Å². The largest absolute Gasteiger partial charge is 0.383 e. The van der Waals surface area contributed by atoms with Gasteiger partial charge in [0.1, 0.15) is 10.6 Å². The number of sulfonamides is 1. The van der Waals surface area contributed by atoms with Crippen LogP contribution in [0.5, 0.6) is 0 Å². The van der Waals surface area contributed by atoms with Crippen molar-refractivity contribution in [2.45, 2.75) is 18.4 Å². The first-order chi connectivity index (χ1) is 11.9. The number of benzene rings is 1. The van der Waals surface area contributed by atoms with Crippen LogP contribution in [0.4, 0.5) is 5.69 Å². The van der Waals surface area contributed by atoms with Gasteiger partial charge in [0.05, 0.1) is 6.61 Å². The van der Waals surface area contributed by atoms with E-state index in [9.17, 15) is 13.2 Å². The molecule has 0 atom stereocenters. The molecular formula is C17H21N3O4S. The molecule has 1 amide bonds. The normalized spacial score (nSPS) is 14.5. The molecule has 1 N–H and O–H groups in total. The number of aryl methyl sites for hydroxylation is 1. The maximum atomic E-state index is 12.6. The van der Waals surface area contributed by atoms with Gasteiger partial charge in [-0.25, -0.2) is 8.42 Å². The second-order valence-corrected chi connectivity index (χ2v) is 7.70. The number of aromatic nitrogens is 1. The molecule has 134 valence electrons. The molecule has 7 nitrogen and oxygen atoms in total. The number of fused-ring (bicyclic) bond motifs is 1. The fourth-order valence-corrected chi connectivity index (χ4v) is 3.91. The van der Waals surface area contributed by atoms with E-state index in [0.29, 0.717) is 37.6 Å². The molecular weight excluding hydrogens is 342 g/mol. The van der Waals surface area contributed by atoms with Crippen LogP contribution in [0.3, 0.4) is 0 Å². The lowest BCUT2D eigenvalue weighted by Crippen LogP contribution is -2.41. The number of hydrogen-bond donors (Lipinski definition) is 1. The second kappa shape index (κ2) is 6.89. The van der Waals surface area contributed by atoms with E-state index in [1.54, 1.807) is 34.8 Å². The zero-order valence-electron chi connectivity index (χ0n) is 14.2. The molecule has 2 heterocycles. The average Bonchev–Trinajstić information content (AvgIpc) is 3.00. The number of rotatable bonds is 6. The monoisotopic (exact) mass is 363 g/mol. The highest BCUT2D eigenvalue weighted by Crippen LogP contribution is 2.22. The Balaban J connectivity index is 1.84. The van der Waals surface area contributed by atoms with Crippen LogP contribution in [-0.2, 0) is 21.3 Å². The standard InChI is InChI=1S/C17H21N3O4S/c1-13-4-3-5-14(10-13)18-25(22,23)15-11-16-17(21)19(8-9-24-2)6-7-20(16)12-15/h3-5,10-12,18H,6-9H2,1-2H3. The first kappa shape index (κ1) is 17.5. The van der Waals surface area contributed by atoms with E-state index in [0.717, 1.165) is 5.56 Å². The van der Waals surface area contributed by atoms with Crippen molar-refractivity contribution in [2.24, 2.45) is 0 Å². The minimum absolute atomic E-state index is 0.0888. The van der Waals surface area contributed by atoms with Gasteiger partial charge in [-0.15, -0.1) is 0 Å². The van der Waals surface area contributed by atoms with E-state index >= 15 is 0 Å². The number of nitrogens with one attached hydrogen (secondary N) is 1. The second-order valence-electron chi connectivity index (χ2n) is 6.01. The molecule has 0 spiro atoms. The molecule has 25 heavy (non-hydrogen) atoms. The molecule has 0 saturated carbocycles. The zero-order valence-corrected chi connectivity index (χ0v) is 15.0. The van der Waals surface area contributed by atoms with Crippen LogP contribution in [0, 0.1) is 6.92 Å². The van der Waals surface area contributed by atoms with Gasteiger partial charge in [0.25, 0.3) is 15.9 Å². The summed E-state index contributed by atoms with van der Waals surface area (Å²) in [5.74, 6) is -0.180. The van der Waals surface area contributed by atoms with E-state index in [4.69, 9.17) is 4.74 Å². The lowest BCUT2D eigenvalue weighted by Gasteiger charge is -2.27. The van der Waals surface area contributed by atoms with E-state index < -0.39 is 10.0 Å². The highest BCUT2D eigenvalue weighted by atomic mass is 32.2. The van der Waals surface area contributed by atoms with E-state index in [1.165, 1.54) is 12.3 Å². The number of nitrogens with zero attached hydrogens (tertiary/aromatic N) is 2. The molecule has 1 aliphatic heterocycles. The Bertz CT molecular complexity index is 889. The van der Waals surface area contributed by atoms with E-state index in [2.05, 4.69) is 4.72 Å². The first-order valence-electron chi connectivity index (χ1n) is 7.98. The van der Waals surface area contributed by atoms with Crippen LogP contribution in [0.1, 0.15) is 16.1 Å². The highest BCUT2D eigenvalue weighted by molar-refractivity contribution is 7.92. The van der Waals surface area contributed by atoms with Gasteiger partial charge in [-0.1, -0.05) is 12.1 Å². The third kappa shape index (κ3) is 3.69. The summed E-state index contributed by atoms with van der Waals surface area (Å²) in [6.07, 6.45) is 1.51.